The molecule has 5 rings (SSSR count). The van der Waals surface area contributed by atoms with Crippen molar-refractivity contribution in [2.75, 3.05) is 6.61 Å². The highest BCUT2D eigenvalue weighted by Gasteiger charge is 2.46. The molecule has 1 aliphatic rings. The van der Waals surface area contributed by atoms with Gasteiger partial charge in [0.2, 0.25) is 0 Å². The molecule has 1 fully saturated rings. The number of nitrogens with zero attached hydrogens (tertiary/aromatic N) is 1. The first kappa shape index (κ1) is 24.3. The number of aromatic nitrogens is 2. The van der Waals surface area contributed by atoms with E-state index in [9.17, 15) is 15.0 Å². The van der Waals surface area contributed by atoms with E-state index in [2.05, 4.69) is 4.98 Å². The molecule has 0 amide bonds. The Morgan fingerprint density at radius 2 is 1.33 bits per heavy atom. The molecule has 0 bridgehead atoms. The molecule has 8 heteroatoms. The summed E-state index contributed by atoms with van der Waals surface area (Å²) in [6.45, 7) is -0.0237. The Balaban J connectivity index is 1.52. The van der Waals surface area contributed by atoms with Crippen LogP contribution in [0.15, 0.2) is 108 Å². The van der Waals surface area contributed by atoms with Crippen LogP contribution in [-0.4, -0.2) is 44.7 Å². The van der Waals surface area contributed by atoms with Crippen molar-refractivity contribution in [2.24, 2.45) is 0 Å². The van der Waals surface area contributed by atoms with Gasteiger partial charge in [-0.05, 0) is 28.9 Å². The number of aliphatic hydroxyl groups excluding tert-OH is 2. The van der Waals surface area contributed by atoms with Crippen LogP contribution in [0.25, 0.3) is 0 Å². The summed E-state index contributed by atoms with van der Waals surface area (Å²) in [4.78, 5) is 14.1. The van der Waals surface area contributed by atoms with Gasteiger partial charge in [0.1, 0.15) is 23.9 Å². The molecular weight excluding hydrogens is 476 g/mol. The van der Waals surface area contributed by atoms with Crippen molar-refractivity contribution in [3.8, 4) is 0 Å². The third-order valence-electron chi connectivity index (χ3n) is 6.47. The fourth-order valence-electron chi connectivity index (χ4n) is 4.70. The maximum Gasteiger partial charge on any atom is 0.251 e. The monoisotopic (exact) mass is 502 g/mol. The Labute approximate surface area is 213 Å². The average Bonchev–Trinajstić information content (AvgIpc) is 3.19. The summed E-state index contributed by atoms with van der Waals surface area (Å²) in [5.74, 6) is 0. The maximum absolute atomic E-state index is 11.6. The van der Waals surface area contributed by atoms with Crippen molar-refractivity contribution in [1.82, 2.24) is 9.55 Å². The van der Waals surface area contributed by atoms with Gasteiger partial charge in [0.15, 0.2) is 11.0 Å². The summed E-state index contributed by atoms with van der Waals surface area (Å²) in [6.07, 6.45) is -2.89. The third-order valence-corrected chi connectivity index (χ3v) is 6.78. The van der Waals surface area contributed by atoms with Crippen molar-refractivity contribution in [3.63, 3.8) is 0 Å². The number of ether oxygens (including phenoxy) is 2. The molecule has 0 unspecified atom stereocenters. The SMILES string of the molecule is O=c1ccn([C@@H]2O[C@H](COC(c3ccccc3)(c3ccccc3)c3ccccc3)[C@H](O)[C@H]2O)c(=S)[nH]1. The van der Waals surface area contributed by atoms with Gasteiger partial charge in [-0.15, -0.1) is 0 Å². The van der Waals surface area contributed by atoms with Crippen molar-refractivity contribution in [1.29, 1.82) is 0 Å². The first-order valence-corrected chi connectivity index (χ1v) is 12.0. The standard InChI is InChI=1S/C28H26N2O5S/c31-23-16-17-30(27(36)29-23)26-25(33)24(32)22(35-26)18-34-28(19-10-4-1-5-11-19,20-12-6-2-7-13-20)21-14-8-3-9-15-21/h1-17,22,24-26,32-33H,18H2,(H,29,31,36)/t22-,24+,25-,26-/m1/s1. The van der Waals surface area contributed by atoms with Crippen LogP contribution in [0.5, 0.6) is 0 Å². The second-order valence-electron chi connectivity index (χ2n) is 8.65. The zero-order valence-electron chi connectivity index (χ0n) is 19.3. The highest BCUT2D eigenvalue weighted by atomic mass is 32.1. The van der Waals surface area contributed by atoms with E-state index in [-0.39, 0.29) is 16.9 Å². The number of nitrogens with one attached hydrogen (secondary N) is 1. The van der Waals surface area contributed by atoms with Crippen LogP contribution < -0.4 is 5.56 Å². The van der Waals surface area contributed by atoms with Crippen LogP contribution in [0, 0.1) is 4.77 Å². The third kappa shape index (κ3) is 4.45. The summed E-state index contributed by atoms with van der Waals surface area (Å²) < 4.78 is 14.3. The molecule has 1 saturated heterocycles. The normalized spacial score (nSPS) is 21.9. The van der Waals surface area contributed by atoms with Gasteiger partial charge in [-0.25, -0.2) is 0 Å². The van der Waals surface area contributed by atoms with Crippen molar-refractivity contribution in [3.05, 3.63) is 135 Å². The molecule has 3 N–H and O–H groups in total. The van der Waals surface area contributed by atoms with Crippen molar-refractivity contribution >= 4 is 12.2 Å². The number of hydrogen-bond acceptors (Lipinski definition) is 6. The fraction of sp³-hybridized carbons (Fsp3) is 0.214. The molecule has 3 aromatic carbocycles. The van der Waals surface area contributed by atoms with E-state index in [0.717, 1.165) is 16.7 Å². The van der Waals surface area contributed by atoms with E-state index < -0.39 is 30.1 Å². The van der Waals surface area contributed by atoms with Crippen LogP contribution >= 0.6 is 12.2 Å². The number of hydrogen-bond donors (Lipinski definition) is 3. The number of aromatic amines is 1. The molecule has 7 nitrogen and oxygen atoms in total. The highest BCUT2D eigenvalue weighted by molar-refractivity contribution is 7.71. The van der Waals surface area contributed by atoms with Gasteiger partial charge in [0.05, 0.1) is 6.61 Å². The van der Waals surface area contributed by atoms with Gasteiger partial charge in [0.25, 0.3) is 5.56 Å². The summed E-state index contributed by atoms with van der Waals surface area (Å²) in [7, 11) is 0. The van der Waals surface area contributed by atoms with Crippen molar-refractivity contribution < 1.29 is 19.7 Å². The second-order valence-corrected chi connectivity index (χ2v) is 9.04. The van der Waals surface area contributed by atoms with Crippen LogP contribution in [0.1, 0.15) is 22.9 Å². The van der Waals surface area contributed by atoms with Crippen LogP contribution in [0.3, 0.4) is 0 Å². The smallest absolute Gasteiger partial charge is 0.251 e. The number of benzene rings is 3. The lowest BCUT2D eigenvalue weighted by Crippen LogP contribution is -2.39. The minimum Gasteiger partial charge on any atom is -0.387 e. The van der Waals surface area contributed by atoms with Gasteiger partial charge >= 0.3 is 0 Å². The largest absolute Gasteiger partial charge is 0.387 e. The van der Waals surface area contributed by atoms with Gasteiger partial charge in [-0.3, -0.25) is 14.3 Å². The summed E-state index contributed by atoms with van der Waals surface area (Å²) in [5, 5.41) is 21.6. The molecule has 1 aliphatic heterocycles. The van der Waals surface area contributed by atoms with Gasteiger partial charge < -0.3 is 19.7 Å². The molecule has 0 saturated carbocycles. The molecular formula is C28H26N2O5S. The lowest BCUT2D eigenvalue weighted by Gasteiger charge is -2.37. The molecule has 0 aliphatic carbocycles. The lowest BCUT2D eigenvalue weighted by atomic mass is 9.80. The van der Waals surface area contributed by atoms with E-state index in [0.29, 0.717) is 0 Å². The molecule has 2 heterocycles. The lowest BCUT2D eigenvalue weighted by molar-refractivity contribution is -0.0954. The molecule has 184 valence electrons. The summed E-state index contributed by atoms with van der Waals surface area (Å²) in [6, 6.07) is 30.9. The summed E-state index contributed by atoms with van der Waals surface area (Å²) >= 11 is 5.23. The minimum atomic E-state index is -1.27. The molecule has 0 spiro atoms. The Morgan fingerprint density at radius 3 is 1.81 bits per heavy atom. The highest BCUT2D eigenvalue weighted by Crippen LogP contribution is 2.41. The summed E-state index contributed by atoms with van der Waals surface area (Å²) in [5.41, 5.74) is 1.38. The van der Waals surface area contributed by atoms with Crippen molar-refractivity contribution in [2.45, 2.75) is 30.1 Å². The van der Waals surface area contributed by atoms with Gasteiger partial charge in [-0.2, -0.15) is 0 Å². The van der Waals surface area contributed by atoms with E-state index in [1.165, 1.54) is 16.8 Å². The average molecular weight is 503 g/mol. The Morgan fingerprint density at radius 1 is 0.833 bits per heavy atom. The molecule has 4 atom stereocenters. The molecule has 4 aromatic rings. The van der Waals surface area contributed by atoms with E-state index in [1.54, 1.807) is 0 Å². The number of H-pyrrole nitrogens is 1. The minimum absolute atomic E-state index is 0.0237. The second kappa shape index (κ2) is 10.3. The molecule has 36 heavy (non-hydrogen) atoms. The maximum atomic E-state index is 11.6. The Kier molecular flexibility index (Phi) is 6.95. The number of rotatable bonds is 7. The first-order chi connectivity index (χ1) is 17.5. The van der Waals surface area contributed by atoms with E-state index >= 15 is 0 Å². The molecule has 1 aromatic heterocycles. The predicted octanol–water partition coefficient (Wildman–Crippen LogP) is 3.53. The van der Waals surface area contributed by atoms with Gasteiger partial charge in [-0.1, -0.05) is 91.0 Å². The van der Waals surface area contributed by atoms with Crippen LogP contribution in [0.4, 0.5) is 0 Å². The number of aliphatic hydroxyl groups is 2. The zero-order valence-corrected chi connectivity index (χ0v) is 20.1. The zero-order chi connectivity index (χ0) is 25.1. The predicted molar refractivity (Wildman–Crippen MR) is 137 cm³/mol. The quantitative estimate of drug-likeness (QED) is 0.264. The topological polar surface area (TPSA) is 96.7 Å². The Hall–Kier alpha value is -3.40. The van der Waals surface area contributed by atoms with Gasteiger partial charge in [0, 0.05) is 12.3 Å². The first-order valence-electron chi connectivity index (χ1n) is 11.6. The van der Waals surface area contributed by atoms with Crippen LogP contribution in [-0.2, 0) is 15.1 Å². The Bertz CT molecular complexity index is 1310. The van der Waals surface area contributed by atoms with E-state index in [4.69, 9.17) is 21.7 Å². The fourth-order valence-corrected chi connectivity index (χ4v) is 4.97. The molecule has 0 radical (unpaired) electrons. The van der Waals surface area contributed by atoms with Crippen LogP contribution in [0.2, 0.25) is 0 Å². The van der Waals surface area contributed by atoms with E-state index in [1.807, 2.05) is 91.0 Å².